The predicted molar refractivity (Wildman–Crippen MR) is 156 cm³/mol. The van der Waals surface area contributed by atoms with Gasteiger partial charge in [-0.3, -0.25) is 9.52 Å². The molecule has 0 radical (unpaired) electrons. The summed E-state index contributed by atoms with van der Waals surface area (Å²) >= 11 is 0. The van der Waals surface area contributed by atoms with E-state index in [2.05, 4.69) is 10.0 Å². The highest BCUT2D eigenvalue weighted by molar-refractivity contribution is 7.92. The molecule has 0 fully saturated rings. The van der Waals surface area contributed by atoms with Crippen molar-refractivity contribution >= 4 is 44.1 Å². The fourth-order valence-electron chi connectivity index (χ4n) is 4.82. The smallest absolute Gasteiger partial charge is 0.321 e. The molecule has 0 aromatic heterocycles. The highest BCUT2D eigenvalue weighted by Gasteiger charge is 2.32. The number of ether oxygens (including phenoxy) is 1. The van der Waals surface area contributed by atoms with Gasteiger partial charge in [0.1, 0.15) is 11.9 Å². The average Bonchev–Trinajstić information content (AvgIpc) is 2.95. The highest BCUT2D eigenvalue weighted by atomic mass is 32.2. The van der Waals surface area contributed by atoms with Crippen molar-refractivity contribution in [2.75, 3.05) is 43.0 Å². The van der Waals surface area contributed by atoms with Crippen molar-refractivity contribution in [3.05, 3.63) is 66.2 Å². The number of fused-ring (bicyclic) bond motifs is 2. The lowest BCUT2D eigenvalue weighted by molar-refractivity contribution is -0.134. The molecule has 3 aromatic rings. The Morgan fingerprint density at radius 1 is 1.18 bits per heavy atom. The maximum absolute atomic E-state index is 13.3. The van der Waals surface area contributed by atoms with E-state index in [4.69, 9.17) is 4.74 Å². The molecule has 40 heavy (non-hydrogen) atoms. The van der Waals surface area contributed by atoms with Crippen LogP contribution in [-0.4, -0.2) is 80.4 Å². The number of aliphatic hydroxyl groups is 1. The van der Waals surface area contributed by atoms with Gasteiger partial charge in [0.05, 0.1) is 37.6 Å². The normalized spacial score (nSPS) is 18.5. The number of carbonyl (C=O) groups is 2. The van der Waals surface area contributed by atoms with Crippen molar-refractivity contribution in [1.82, 2.24) is 9.80 Å². The first-order valence-corrected chi connectivity index (χ1v) is 15.0. The van der Waals surface area contributed by atoms with Gasteiger partial charge in [-0.15, -0.1) is 0 Å². The number of amides is 3. The number of urea groups is 1. The molecule has 11 heteroatoms. The highest BCUT2D eigenvalue weighted by Crippen LogP contribution is 2.30. The minimum atomic E-state index is -3.52. The third-order valence-electron chi connectivity index (χ3n) is 7.05. The van der Waals surface area contributed by atoms with Crippen LogP contribution in [0.3, 0.4) is 0 Å². The molecule has 0 spiro atoms. The lowest BCUT2D eigenvalue weighted by Crippen LogP contribution is -2.48. The molecule has 3 aromatic carbocycles. The number of anilines is 2. The van der Waals surface area contributed by atoms with Crippen LogP contribution < -0.4 is 14.8 Å². The number of hydrogen-bond acceptors (Lipinski definition) is 6. The largest absolute Gasteiger partial charge is 0.488 e. The molecule has 214 valence electrons. The van der Waals surface area contributed by atoms with Gasteiger partial charge in [-0.05, 0) is 36.6 Å². The Hall–Kier alpha value is -3.83. The van der Waals surface area contributed by atoms with Crippen LogP contribution in [0.5, 0.6) is 5.75 Å². The van der Waals surface area contributed by atoms with E-state index < -0.39 is 22.2 Å². The Balaban J connectivity index is 1.61. The van der Waals surface area contributed by atoms with E-state index in [-0.39, 0.29) is 37.4 Å². The van der Waals surface area contributed by atoms with Gasteiger partial charge < -0.3 is 25.0 Å². The molecule has 0 saturated carbocycles. The molecular weight excluding hydrogens is 532 g/mol. The predicted octanol–water partition coefficient (Wildman–Crippen LogP) is 3.52. The second kappa shape index (κ2) is 12.1. The Morgan fingerprint density at radius 3 is 2.62 bits per heavy atom. The van der Waals surface area contributed by atoms with Gasteiger partial charge >= 0.3 is 6.03 Å². The van der Waals surface area contributed by atoms with Crippen molar-refractivity contribution in [2.24, 2.45) is 5.92 Å². The topological polar surface area (TPSA) is 128 Å². The summed E-state index contributed by atoms with van der Waals surface area (Å²) in [5.41, 5.74) is 1.52. The maximum atomic E-state index is 13.3. The molecular formula is C29H36N4O6S. The summed E-state index contributed by atoms with van der Waals surface area (Å²) in [6, 6.07) is 17.6. The van der Waals surface area contributed by atoms with Gasteiger partial charge in [-0.1, -0.05) is 43.3 Å². The third-order valence-corrected chi connectivity index (χ3v) is 7.66. The molecule has 1 heterocycles. The van der Waals surface area contributed by atoms with E-state index in [1.54, 1.807) is 42.0 Å². The van der Waals surface area contributed by atoms with Crippen LogP contribution in [0.25, 0.3) is 10.8 Å². The molecule has 10 nitrogen and oxygen atoms in total. The zero-order valence-corrected chi connectivity index (χ0v) is 23.9. The summed E-state index contributed by atoms with van der Waals surface area (Å²) in [6.07, 6.45) is 0.517. The van der Waals surface area contributed by atoms with Crippen LogP contribution in [-0.2, 0) is 21.2 Å². The van der Waals surface area contributed by atoms with Gasteiger partial charge in [0.15, 0.2) is 0 Å². The molecule has 3 N–H and O–H groups in total. The lowest BCUT2D eigenvalue weighted by atomic mass is 10.0. The molecule has 1 aliphatic heterocycles. The van der Waals surface area contributed by atoms with Crippen LogP contribution in [0.1, 0.15) is 19.4 Å². The van der Waals surface area contributed by atoms with E-state index in [0.717, 1.165) is 17.0 Å². The van der Waals surface area contributed by atoms with Crippen LogP contribution in [0.15, 0.2) is 60.7 Å². The van der Waals surface area contributed by atoms with Crippen molar-refractivity contribution in [2.45, 2.75) is 32.4 Å². The first kappa shape index (κ1) is 29.2. The summed E-state index contributed by atoms with van der Waals surface area (Å²) in [5.74, 6) is 0.0219. The Labute approximate surface area is 235 Å². The Morgan fingerprint density at radius 2 is 1.90 bits per heavy atom. The SMILES string of the molecule is C[C@H]1CN([C@@H](C)CO)C(=O)Cc2cc(NS(C)(=O)=O)ccc2O[C@H]1CN(C)C(=O)Nc1cccc2ccccc12. The van der Waals surface area contributed by atoms with E-state index in [1.165, 1.54) is 0 Å². The summed E-state index contributed by atoms with van der Waals surface area (Å²) in [5, 5.41) is 14.8. The monoisotopic (exact) mass is 568 g/mol. The third kappa shape index (κ3) is 7.02. The second-order valence-electron chi connectivity index (χ2n) is 10.4. The Kier molecular flexibility index (Phi) is 8.85. The van der Waals surface area contributed by atoms with Gasteiger partial charge in [0.25, 0.3) is 0 Å². The number of likely N-dealkylation sites (N-methyl/N-ethyl adjacent to an activating group) is 1. The molecule has 0 saturated heterocycles. The molecule has 0 aliphatic carbocycles. The molecule has 3 amide bonds. The van der Waals surface area contributed by atoms with E-state index >= 15 is 0 Å². The zero-order valence-electron chi connectivity index (χ0n) is 23.1. The fourth-order valence-corrected chi connectivity index (χ4v) is 5.38. The maximum Gasteiger partial charge on any atom is 0.321 e. The zero-order chi connectivity index (χ0) is 29.0. The first-order chi connectivity index (χ1) is 18.9. The summed E-state index contributed by atoms with van der Waals surface area (Å²) in [6.45, 7) is 4.03. The van der Waals surface area contributed by atoms with Crippen LogP contribution in [0.4, 0.5) is 16.2 Å². The molecule has 0 bridgehead atoms. The standard InChI is InChI=1S/C29H36N4O6S/c1-19-16-33(20(2)18-34)28(35)15-22-14-23(31-40(4,37)38)12-13-26(22)39-27(19)17-32(3)29(36)30-25-11-7-9-21-8-5-6-10-24(21)25/h5-14,19-20,27,31,34H,15-18H2,1-4H3,(H,30,36)/t19-,20-,27-/m0/s1. The number of hydrogen-bond donors (Lipinski definition) is 3. The number of benzene rings is 3. The van der Waals surface area contributed by atoms with Crippen molar-refractivity contribution in [1.29, 1.82) is 0 Å². The van der Waals surface area contributed by atoms with Crippen LogP contribution >= 0.6 is 0 Å². The van der Waals surface area contributed by atoms with E-state index in [1.807, 2.05) is 49.4 Å². The number of carbonyl (C=O) groups excluding carboxylic acids is 2. The van der Waals surface area contributed by atoms with Crippen molar-refractivity contribution in [3.63, 3.8) is 0 Å². The number of nitrogens with zero attached hydrogens (tertiary/aromatic N) is 2. The van der Waals surface area contributed by atoms with Gasteiger partial charge in [0, 0.05) is 36.1 Å². The molecule has 4 rings (SSSR count). The molecule has 1 aliphatic rings. The summed E-state index contributed by atoms with van der Waals surface area (Å²) in [7, 11) is -1.84. The summed E-state index contributed by atoms with van der Waals surface area (Å²) in [4.78, 5) is 29.7. The first-order valence-electron chi connectivity index (χ1n) is 13.1. The van der Waals surface area contributed by atoms with Gasteiger partial charge in [-0.2, -0.15) is 0 Å². The minimum Gasteiger partial charge on any atom is -0.488 e. The average molecular weight is 569 g/mol. The summed E-state index contributed by atoms with van der Waals surface area (Å²) < 4.78 is 32.4. The van der Waals surface area contributed by atoms with Crippen molar-refractivity contribution < 1.29 is 27.9 Å². The Bertz CT molecular complexity index is 1490. The fraction of sp³-hybridized carbons (Fsp3) is 0.379. The number of aliphatic hydroxyl groups excluding tert-OH is 1. The van der Waals surface area contributed by atoms with Gasteiger partial charge in [0.2, 0.25) is 15.9 Å². The van der Waals surface area contributed by atoms with E-state index in [0.29, 0.717) is 29.2 Å². The van der Waals surface area contributed by atoms with Crippen LogP contribution in [0, 0.1) is 5.92 Å². The quantitative estimate of drug-likeness (QED) is 0.400. The second-order valence-corrected chi connectivity index (χ2v) is 12.2. The number of rotatable bonds is 7. The molecule has 3 atom stereocenters. The number of nitrogens with one attached hydrogen (secondary N) is 2. The van der Waals surface area contributed by atoms with E-state index in [9.17, 15) is 23.1 Å². The molecule has 0 unspecified atom stereocenters. The van der Waals surface area contributed by atoms with Crippen molar-refractivity contribution in [3.8, 4) is 5.75 Å². The number of sulfonamides is 1. The minimum absolute atomic E-state index is 0.0319. The van der Waals surface area contributed by atoms with Gasteiger partial charge in [-0.25, -0.2) is 13.2 Å². The lowest BCUT2D eigenvalue weighted by Gasteiger charge is -2.34. The van der Waals surface area contributed by atoms with Crippen LogP contribution in [0.2, 0.25) is 0 Å².